The number of halogens is 2. The van der Waals surface area contributed by atoms with Gasteiger partial charge in [0.05, 0.1) is 0 Å². The molecule has 4 heteroatoms. The third-order valence-electron chi connectivity index (χ3n) is 0.694. The predicted octanol–water partition coefficient (Wildman–Crippen LogP) is 1.26. The van der Waals surface area contributed by atoms with Crippen molar-refractivity contribution in [2.75, 3.05) is 0 Å². The summed E-state index contributed by atoms with van der Waals surface area (Å²) in [4.78, 5) is 3.73. The van der Waals surface area contributed by atoms with E-state index in [2.05, 4.69) is 10.3 Å². The molecule has 0 saturated carbocycles. The van der Waals surface area contributed by atoms with Crippen LogP contribution in [0.15, 0.2) is 17.3 Å². The number of aliphatic imine (C=N–C) groups is 1. The average molecular weight is 151 g/mol. The summed E-state index contributed by atoms with van der Waals surface area (Å²) in [5.74, 6) is 0. The normalized spacial score (nSPS) is 26.8. The summed E-state index contributed by atoms with van der Waals surface area (Å²) >= 11 is 10.9. The molecule has 44 valence electrons. The molecule has 0 aromatic rings. The number of nitrogens with zero attached hydrogens (tertiary/aromatic N) is 1. The lowest BCUT2D eigenvalue weighted by molar-refractivity contribution is 1.06. The van der Waals surface area contributed by atoms with E-state index in [0.717, 1.165) is 0 Å². The van der Waals surface area contributed by atoms with Crippen LogP contribution in [0.4, 0.5) is 0 Å². The zero-order valence-electron chi connectivity index (χ0n) is 3.94. The lowest BCUT2D eigenvalue weighted by Crippen LogP contribution is -2.16. The highest BCUT2D eigenvalue weighted by atomic mass is 35.5. The van der Waals surface area contributed by atoms with Crippen molar-refractivity contribution in [3.05, 3.63) is 12.3 Å². The number of alkyl halides is 1. The number of nitrogens with one attached hydrogen (secondary N) is 1. The average Bonchev–Trinajstić information content (AvgIpc) is 1.64. The smallest absolute Gasteiger partial charge is 0.197 e. The van der Waals surface area contributed by atoms with Gasteiger partial charge in [-0.3, -0.25) is 0 Å². The molecule has 1 unspecified atom stereocenters. The fraction of sp³-hybridized carbons (Fsp3) is 0.250. The maximum absolute atomic E-state index is 5.51. The van der Waals surface area contributed by atoms with Crippen molar-refractivity contribution in [2.24, 2.45) is 4.99 Å². The number of amidine groups is 1. The van der Waals surface area contributed by atoms with E-state index in [4.69, 9.17) is 23.2 Å². The van der Waals surface area contributed by atoms with Gasteiger partial charge in [-0.2, -0.15) is 0 Å². The first-order chi connectivity index (χ1) is 3.79. The highest BCUT2D eigenvalue weighted by Crippen LogP contribution is 2.03. The van der Waals surface area contributed by atoms with Crippen molar-refractivity contribution < 1.29 is 0 Å². The van der Waals surface area contributed by atoms with Gasteiger partial charge in [0.15, 0.2) is 5.29 Å². The van der Waals surface area contributed by atoms with Crippen LogP contribution in [0.5, 0.6) is 0 Å². The molecule has 2 nitrogen and oxygen atoms in total. The Bertz CT molecular complexity index is 141. The fourth-order valence-corrected chi connectivity index (χ4v) is 0.773. The first-order valence-corrected chi connectivity index (χ1v) is 2.91. The summed E-state index contributed by atoms with van der Waals surface area (Å²) in [6, 6.07) is 0. The molecule has 8 heavy (non-hydrogen) atoms. The molecule has 1 aliphatic rings. The molecule has 0 saturated heterocycles. The summed E-state index contributed by atoms with van der Waals surface area (Å²) in [7, 11) is 0. The van der Waals surface area contributed by atoms with Gasteiger partial charge in [-0.25, -0.2) is 4.99 Å². The van der Waals surface area contributed by atoms with Gasteiger partial charge < -0.3 is 5.32 Å². The Labute approximate surface area is 57.2 Å². The van der Waals surface area contributed by atoms with Crippen LogP contribution in [-0.4, -0.2) is 10.8 Å². The molecule has 1 heterocycles. The Kier molecular flexibility index (Phi) is 1.76. The van der Waals surface area contributed by atoms with E-state index in [1.54, 1.807) is 12.3 Å². The minimum atomic E-state index is -0.302. The molecule has 0 bridgehead atoms. The molecule has 0 fully saturated rings. The van der Waals surface area contributed by atoms with Crippen LogP contribution in [0.1, 0.15) is 0 Å². The molecule has 1 rings (SSSR count). The molecule has 0 spiro atoms. The summed E-state index contributed by atoms with van der Waals surface area (Å²) in [6.07, 6.45) is 3.36. The second kappa shape index (κ2) is 2.37. The second-order valence-corrected chi connectivity index (χ2v) is 2.10. The van der Waals surface area contributed by atoms with Crippen LogP contribution in [0, 0.1) is 0 Å². The molecule has 0 aromatic carbocycles. The van der Waals surface area contributed by atoms with Gasteiger partial charge in [0.2, 0.25) is 0 Å². The number of hydrogen-bond acceptors (Lipinski definition) is 2. The van der Waals surface area contributed by atoms with Crippen molar-refractivity contribution in [3.8, 4) is 0 Å². The SMILES string of the molecule is ClC1=NC(Cl)C=CN1. The van der Waals surface area contributed by atoms with Gasteiger partial charge in [0, 0.05) is 6.20 Å². The van der Waals surface area contributed by atoms with Gasteiger partial charge >= 0.3 is 0 Å². The standard InChI is InChI=1S/C4H4Cl2N2/c5-3-1-2-7-4(6)8-3/h1-3H,(H,7,8). The third kappa shape index (κ3) is 1.39. The Morgan fingerprint density at radius 2 is 2.50 bits per heavy atom. The maximum Gasteiger partial charge on any atom is 0.197 e. The molecular weight excluding hydrogens is 147 g/mol. The lowest BCUT2D eigenvalue weighted by Gasteiger charge is -2.04. The maximum atomic E-state index is 5.51. The molecule has 0 aromatic heterocycles. The highest BCUT2D eigenvalue weighted by molar-refractivity contribution is 6.65. The Balaban J connectivity index is 2.60. The van der Waals surface area contributed by atoms with Crippen LogP contribution in [0.3, 0.4) is 0 Å². The van der Waals surface area contributed by atoms with Crippen molar-refractivity contribution in [3.63, 3.8) is 0 Å². The largest absolute Gasteiger partial charge is 0.337 e. The highest BCUT2D eigenvalue weighted by Gasteiger charge is 2.01. The first-order valence-electron chi connectivity index (χ1n) is 2.09. The van der Waals surface area contributed by atoms with Crippen LogP contribution in [0.25, 0.3) is 0 Å². The van der Waals surface area contributed by atoms with Gasteiger partial charge in [0.25, 0.3) is 0 Å². The molecule has 0 amide bonds. The van der Waals surface area contributed by atoms with Crippen molar-refractivity contribution in [2.45, 2.75) is 5.50 Å². The molecule has 0 radical (unpaired) electrons. The zero-order valence-corrected chi connectivity index (χ0v) is 5.45. The Hall–Kier alpha value is -0.210. The van der Waals surface area contributed by atoms with E-state index in [-0.39, 0.29) is 5.50 Å². The molecule has 1 atom stereocenters. The van der Waals surface area contributed by atoms with Crippen molar-refractivity contribution >= 4 is 28.5 Å². The Morgan fingerprint density at radius 3 is 2.88 bits per heavy atom. The monoisotopic (exact) mass is 150 g/mol. The number of rotatable bonds is 0. The van der Waals surface area contributed by atoms with Crippen molar-refractivity contribution in [1.29, 1.82) is 0 Å². The zero-order chi connectivity index (χ0) is 5.98. The van der Waals surface area contributed by atoms with Gasteiger partial charge in [-0.1, -0.05) is 11.6 Å². The summed E-state index contributed by atoms with van der Waals surface area (Å²) in [6.45, 7) is 0. The summed E-state index contributed by atoms with van der Waals surface area (Å²) in [5, 5.41) is 3.00. The van der Waals surface area contributed by atoms with Crippen LogP contribution in [-0.2, 0) is 0 Å². The fourth-order valence-electron chi connectivity index (χ4n) is 0.385. The van der Waals surface area contributed by atoms with Crippen molar-refractivity contribution in [1.82, 2.24) is 5.32 Å². The molecule has 1 N–H and O–H groups in total. The quantitative estimate of drug-likeness (QED) is 0.409. The molecule has 1 aliphatic heterocycles. The van der Waals surface area contributed by atoms with E-state index < -0.39 is 0 Å². The first kappa shape index (κ1) is 5.92. The van der Waals surface area contributed by atoms with Crippen LogP contribution < -0.4 is 5.32 Å². The molecule has 0 aliphatic carbocycles. The number of hydrogen-bond donors (Lipinski definition) is 1. The van der Waals surface area contributed by atoms with E-state index in [9.17, 15) is 0 Å². The lowest BCUT2D eigenvalue weighted by atomic mass is 10.6. The second-order valence-electron chi connectivity index (χ2n) is 1.30. The van der Waals surface area contributed by atoms with Crippen LogP contribution >= 0.6 is 23.2 Å². The third-order valence-corrected chi connectivity index (χ3v) is 1.14. The van der Waals surface area contributed by atoms with Crippen LogP contribution in [0.2, 0.25) is 0 Å². The molecular formula is C4H4Cl2N2. The van der Waals surface area contributed by atoms with Gasteiger partial charge in [0.1, 0.15) is 5.50 Å². The van der Waals surface area contributed by atoms with E-state index in [1.807, 2.05) is 0 Å². The minimum absolute atomic E-state index is 0.302. The minimum Gasteiger partial charge on any atom is -0.337 e. The predicted molar refractivity (Wildman–Crippen MR) is 35.2 cm³/mol. The van der Waals surface area contributed by atoms with E-state index >= 15 is 0 Å². The van der Waals surface area contributed by atoms with E-state index in [1.165, 1.54) is 0 Å². The summed E-state index contributed by atoms with van der Waals surface area (Å²) < 4.78 is 0. The Morgan fingerprint density at radius 1 is 1.75 bits per heavy atom. The topological polar surface area (TPSA) is 24.4 Å². The van der Waals surface area contributed by atoms with E-state index in [0.29, 0.717) is 5.29 Å². The van der Waals surface area contributed by atoms with Gasteiger partial charge in [-0.15, -0.1) is 0 Å². The summed E-state index contributed by atoms with van der Waals surface area (Å²) in [5.41, 5.74) is -0.302. The van der Waals surface area contributed by atoms with Gasteiger partial charge in [-0.05, 0) is 17.7 Å².